The summed E-state index contributed by atoms with van der Waals surface area (Å²) < 4.78 is 30.7. The van der Waals surface area contributed by atoms with Gasteiger partial charge in [-0.1, -0.05) is 0 Å². The molecule has 7 heteroatoms. The molecule has 1 aliphatic rings. The molecule has 0 spiro atoms. The first kappa shape index (κ1) is 18.1. The fourth-order valence-corrected chi connectivity index (χ4v) is 3.86. The smallest absolute Gasteiger partial charge is 0.216 e. The number of piperidine rings is 1. The van der Waals surface area contributed by atoms with Gasteiger partial charge in [0.1, 0.15) is 0 Å². The number of methoxy groups -OCH3 is 1. The largest absolute Gasteiger partial charge is 0.381 e. The third kappa shape index (κ3) is 5.40. The second kappa shape index (κ2) is 8.32. The Morgan fingerprint density at radius 2 is 1.94 bits per heavy atom. The van der Waals surface area contributed by atoms with Crippen LogP contribution in [0.4, 0.5) is 0 Å². The average molecular weight is 301 g/mol. The van der Waals surface area contributed by atoms with Crippen LogP contribution in [0.5, 0.6) is 0 Å². The van der Waals surface area contributed by atoms with Crippen molar-refractivity contribution in [3.8, 4) is 0 Å². The van der Waals surface area contributed by atoms with E-state index in [0.29, 0.717) is 19.0 Å². The molecule has 18 heavy (non-hydrogen) atoms. The molecule has 1 N–H and O–H groups in total. The number of nitrogens with one attached hydrogen (secondary N) is 1. The van der Waals surface area contributed by atoms with Gasteiger partial charge in [-0.05, 0) is 39.3 Å². The molecule has 0 aromatic heterocycles. The summed E-state index contributed by atoms with van der Waals surface area (Å²) in [5, 5.41) is 3.14. The minimum atomic E-state index is -3.15. The highest BCUT2D eigenvalue weighted by molar-refractivity contribution is 7.89. The number of rotatable bonds is 6. The van der Waals surface area contributed by atoms with Gasteiger partial charge >= 0.3 is 0 Å². The molecule has 5 nitrogen and oxygen atoms in total. The van der Waals surface area contributed by atoms with Crippen LogP contribution in [0.3, 0.4) is 0 Å². The summed E-state index contributed by atoms with van der Waals surface area (Å²) in [4.78, 5) is 0. The van der Waals surface area contributed by atoms with E-state index in [1.165, 1.54) is 0 Å². The Bertz CT molecular complexity index is 316. The Labute approximate surface area is 117 Å². The minimum absolute atomic E-state index is 0. The average Bonchev–Trinajstić information content (AvgIpc) is 2.29. The SMILES string of the molecule is CNCC1CCN(S(=O)(=O)CC(C)OC)CC1.Cl. The summed E-state index contributed by atoms with van der Waals surface area (Å²) in [6.45, 7) is 4.05. The molecule has 1 heterocycles. The normalized spacial score (nSPS) is 20.4. The molecule has 0 amide bonds. The summed E-state index contributed by atoms with van der Waals surface area (Å²) >= 11 is 0. The second-order valence-electron chi connectivity index (χ2n) is 4.72. The van der Waals surface area contributed by atoms with Crippen molar-refractivity contribution in [3.63, 3.8) is 0 Å². The lowest BCUT2D eigenvalue weighted by molar-refractivity contribution is 0.134. The van der Waals surface area contributed by atoms with Crippen molar-refractivity contribution in [1.29, 1.82) is 0 Å². The van der Waals surface area contributed by atoms with Crippen molar-refractivity contribution in [3.05, 3.63) is 0 Å². The van der Waals surface area contributed by atoms with Crippen molar-refractivity contribution in [1.82, 2.24) is 9.62 Å². The molecule has 1 fully saturated rings. The maximum atomic E-state index is 12.0. The van der Waals surface area contributed by atoms with E-state index in [4.69, 9.17) is 4.74 Å². The lowest BCUT2D eigenvalue weighted by atomic mass is 9.98. The van der Waals surface area contributed by atoms with Gasteiger partial charge in [-0.3, -0.25) is 0 Å². The number of hydrogen-bond acceptors (Lipinski definition) is 4. The Balaban J connectivity index is 0.00000289. The summed E-state index contributed by atoms with van der Waals surface area (Å²) in [6.07, 6.45) is 1.65. The molecule has 0 radical (unpaired) electrons. The molecular weight excluding hydrogens is 276 g/mol. The highest BCUT2D eigenvalue weighted by Crippen LogP contribution is 2.19. The zero-order valence-corrected chi connectivity index (χ0v) is 13.0. The quantitative estimate of drug-likeness (QED) is 0.785. The molecule has 0 saturated carbocycles. The van der Waals surface area contributed by atoms with Gasteiger partial charge < -0.3 is 10.1 Å². The molecule has 1 unspecified atom stereocenters. The highest BCUT2D eigenvalue weighted by atomic mass is 35.5. The minimum Gasteiger partial charge on any atom is -0.381 e. The molecule has 110 valence electrons. The van der Waals surface area contributed by atoms with E-state index in [1.807, 2.05) is 7.05 Å². The molecule has 1 saturated heterocycles. The molecular formula is C11H25ClN2O3S. The lowest BCUT2D eigenvalue weighted by Crippen LogP contribution is -2.43. The Morgan fingerprint density at radius 3 is 2.39 bits per heavy atom. The van der Waals surface area contributed by atoms with E-state index in [2.05, 4.69) is 5.32 Å². The van der Waals surface area contributed by atoms with Crippen molar-refractivity contribution in [2.24, 2.45) is 5.92 Å². The molecule has 1 rings (SSSR count). The molecule has 0 bridgehead atoms. The second-order valence-corrected chi connectivity index (χ2v) is 6.74. The Morgan fingerprint density at radius 1 is 1.39 bits per heavy atom. The van der Waals surface area contributed by atoms with Crippen LogP contribution in [0.15, 0.2) is 0 Å². The van der Waals surface area contributed by atoms with E-state index in [-0.39, 0.29) is 24.3 Å². The topological polar surface area (TPSA) is 58.6 Å². The lowest BCUT2D eigenvalue weighted by Gasteiger charge is -2.31. The van der Waals surface area contributed by atoms with Crippen LogP contribution in [-0.2, 0) is 14.8 Å². The van der Waals surface area contributed by atoms with Gasteiger partial charge in [-0.15, -0.1) is 12.4 Å². The summed E-state index contributed by atoms with van der Waals surface area (Å²) in [6, 6.07) is 0. The molecule has 0 aromatic carbocycles. The van der Waals surface area contributed by atoms with Crippen LogP contribution >= 0.6 is 12.4 Å². The van der Waals surface area contributed by atoms with Crippen LogP contribution in [0, 0.1) is 5.92 Å². The molecule has 0 aromatic rings. The highest BCUT2D eigenvalue weighted by Gasteiger charge is 2.28. The van der Waals surface area contributed by atoms with E-state index in [9.17, 15) is 8.42 Å². The zero-order chi connectivity index (χ0) is 12.9. The summed E-state index contributed by atoms with van der Waals surface area (Å²) in [5.74, 6) is 0.687. The van der Waals surface area contributed by atoms with Crippen LogP contribution in [0.25, 0.3) is 0 Å². The van der Waals surface area contributed by atoms with Crippen LogP contribution in [-0.4, -0.2) is 58.4 Å². The van der Waals surface area contributed by atoms with Gasteiger partial charge in [0.25, 0.3) is 0 Å². The number of halogens is 1. The number of nitrogens with zero attached hydrogens (tertiary/aromatic N) is 1. The van der Waals surface area contributed by atoms with Gasteiger partial charge in [-0.25, -0.2) is 12.7 Å². The fraction of sp³-hybridized carbons (Fsp3) is 1.00. The third-order valence-electron chi connectivity index (χ3n) is 3.31. The summed E-state index contributed by atoms with van der Waals surface area (Å²) in [5.41, 5.74) is 0. The molecule has 0 aliphatic carbocycles. The number of sulfonamides is 1. The fourth-order valence-electron chi connectivity index (χ4n) is 2.15. The van der Waals surface area contributed by atoms with Gasteiger partial charge in [-0.2, -0.15) is 0 Å². The van der Waals surface area contributed by atoms with Crippen LogP contribution in [0.2, 0.25) is 0 Å². The maximum Gasteiger partial charge on any atom is 0.216 e. The standard InChI is InChI=1S/C11H24N2O3S.ClH/c1-10(16-3)9-17(14,15)13-6-4-11(5-7-13)8-12-2;/h10-12H,4-9H2,1-3H3;1H. The predicted octanol–water partition coefficient (Wildman–Crippen LogP) is 0.704. The maximum absolute atomic E-state index is 12.0. The predicted molar refractivity (Wildman–Crippen MR) is 75.7 cm³/mol. The van der Waals surface area contributed by atoms with E-state index in [0.717, 1.165) is 19.4 Å². The van der Waals surface area contributed by atoms with Crippen molar-refractivity contribution < 1.29 is 13.2 Å². The Kier molecular flexibility index (Phi) is 8.38. The summed E-state index contributed by atoms with van der Waals surface area (Å²) in [7, 11) is 0.330. The van der Waals surface area contributed by atoms with Gasteiger partial charge in [0.05, 0.1) is 11.9 Å². The van der Waals surface area contributed by atoms with Crippen molar-refractivity contribution >= 4 is 22.4 Å². The van der Waals surface area contributed by atoms with E-state index in [1.54, 1.807) is 18.3 Å². The number of ether oxygens (including phenoxy) is 1. The first-order chi connectivity index (χ1) is 7.99. The van der Waals surface area contributed by atoms with Crippen LogP contribution in [0.1, 0.15) is 19.8 Å². The Hall–Kier alpha value is 0.120. The molecule has 1 aliphatic heterocycles. The zero-order valence-electron chi connectivity index (χ0n) is 11.4. The van der Waals surface area contributed by atoms with E-state index < -0.39 is 10.0 Å². The van der Waals surface area contributed by atoms with Gasteiger partial charge in [0, 0.05) is 20.2 Å². The van der Waals surface area contributed by atoms with Gasteiger partial charge in [0.15, 0.2) is 0 Å². The first-order valence-corrected chi connectivity index (χ1v) is 7.75. The van der Waals surface area contributed by atoms with Crippen LogP contribution < -0.4 is 5.32 Å². The first-order valence-electron chi connectivity index (χ1n) is 6.14. The monoisotopic (exact) mass is 300 g/mol. The van der Waals surface area contributed by atoms with Crippen molar-refractivity contribution in [2.75, 3.05) is 39.5 Å². The van der Waals surface area contributed by atoms with Gasteiger partial charge in [0.2, 0.25) is 10.0 Å². The molecule has 1 atom stereocenters. The number of hydrogen-bond donors (Lipinski definition) is 1. The third-order valence-corrected chi connectivity index (χ3v) is 5.35. The van der Waals surface area contributed by atoms with E-state index >= 15 is 0 Å². The van der Waals surface area contributed by atoms with Crippen molar-refractivity contribution in [2.45, 2.75) is 25.9 Å².